The fraction of sp³-hybridized carbons (Fsp3) is 0.375. The van der Waals surface area contributed by atoms with E-state index in [1.165, 1.54) is 7.11 Å². The lowest BCUT2D eigenvalue weighted by Gasteiger charge is -2.21. The summed E-state index contributed by atoms with van der Waals surface area (Å²) in [6.45, 7) is 0.443. The second-order valence-electron chi connectivity index (χ2n) is 7.33. The quantitative estimate of drug-likeness (QED) is 0.321. The predicted octanol–water partition coefficient (Wildman–Crippen LogP) is 1.96. The van der Waals surface area contributed by atoms with Crippen molar-refractivity contribution in [3.63, 3.8) is 0 Å². The molecule has 0 fully saturated rings. The maximum Gasteiger partial charge on any atom is 0.328 e. The molecule has 0 radical (unpaired) electrons. The van der Waals surface area contributed by atoms with Crippen LogP contribution in [-0.2, 0) is 32.0 Å². The van der Waals surface area contributed by atoms with Crippen LogP contribution in [0.3, 0.4) is 0 Å². The molecule has 0 aliphatic heterocycles. The Labute approximate surface area is 187 Å². The van der Waals surface area contributed by atoms with Gasteiger partial charge in [0, 0.05) is 6.42 Å². The zero-order valence-electron chi connectivity index (χ0n) is 18.4. The second kappa shape index (κ2) is 13.1. The molecular weight excluding hydrogens is 412 g/mol. The van der Waals surface area contributed by atoms with Gasteiger partial charge in [0.05, 0.1) is 26.7 Å². The molecule has 0 unspecified atom stereocenters. The normalized spacial score (nSPS) is 12.4. The van der Waals surface area contributed by atoms with Crippen LogP contribution in [0.2, 0.25) is 0 Å². The van der Waals surface area contributed by atoms with E-state index >= 15 is 0 Å². The van der Waals surface area contributed by atoms with Crippen LogP contribution in [0.4, 0.5) is 0 Å². The molecular formula is C24H30N2O6. The van der Waals surface area contributed by atoms with Crippen LogP contribution in [-0.4, -0.2) is 55.8 Å². The standard InChI is InChI=1S/C24H30N2O6/c1-31-19-12-10-17(11-13-19)9-6-14-25-20(16-22(27)28)23(29)26-21(24(30)32-2)15-18-7-4-3-5-8-18/h3-5,7-8,10-13,20-21,25H,6,9,14-16H2,1-2H3,(H,26,29)(H,27,28)/t20-,21-/m0/s1. The topological polar surface area (TPSA) is 114 Å². The second-order valence-corrected chi connectivity index (χ2v) is 7.33. The number of hydrogen-bond acceptors (Lipinski definition) is 6. The Kier molecular flexibility index (Phi) is 10.2. The zero-order chi connectivity index (χ0) is 23.3. The molecule has 8 nitrogen and oxygen atoms in total. The van der Waals surface area contributed by atoms with Gasteiger partial charge in [-0.3, -0.25) is 9.59 Å². The van der Waals surface area contributed by atoms with Gasteiger partial charge in [-0.2, -0.15) is 0 Å². The molecule has 0 aliphatic carbocycles. The van der Waals surface area contributed by atoms with Crippen molar-refractivity contribution in [3.05, 3.63) is 65.7 Å². The van der Waals surface area contributed by atoms with E-state index in [4.69, 9.17) is 9.47 Å². The van der Waals surface area contributed by atoms with Crippen molar-refractivity contribution < 1.29 is 29.0 Å². The summed E-state index contributed by atoms with van der Waals surface area (Å²) in [6.07, 6.45) is 1.32. The number of esters is 1. The highest BCUT2D eigenvalue weighted by Gasteiger charge is 2.27. The molecule has 0 spiro atoms. The Morgan fingerprint density at radius 3 is 2.22 bits per heavy atom. The number of methoxy groups -OCH3 is 2. The number of carboxylic acid groups (broad SMARTS) is 1. The van der Waals surface area contributed by atoms with E-state index in [0.29, 0.717) is 13.0 Å². The number of benzene rings is 2. The van der Waals surface area contributed by atoms with Gasteiger partial charge in [-0.25, -0.2) is 4.79 Å². The molecule has 1 amide bonds. The third-order valence-corrected chi connectivity index (χ3v) is 4.97. The Morgan fingerprint density at radius 1 is 0.938 bits per heavy atom. The van der Waals surface area contributed by atoms with Crippen molar-refractivity contribution in [3.8, 4) is 5.75 Å². The fourth-order valence-electron chi connectivity index (χ4n) is 3.25. The molecule has 0 aliphatic rings. The summed E-state index contributed by atoms with van der Waals surface area (Å²) in [5.41, 5.74) is 1.96. The first kappa shape index (κ1) is 24.9. The lowest BCUT2D eigenvalue weighted by Crippen LogP contribution is -2.52. The summed E-state index contributed by atoms with van der Waals surface area (Å²) in [7, 11) is 2.86. The lowest BCUT2D eigenvalue weighted by atomic mass is 10.0. The van der Waals surface area contributed by atoms with Crippen LogP contribution in [0.15, 0.2) is 54.6 Å². The van der Waals surface area contributed by atoms with Gasteiger partial charge in [0.15, 0.2) is 0 Å². The number of aryl methyl sites for hydroxylation is 1. The smallest absolute Gasteiger partial charge is 0.328 e. The summed E-state index contributed by atoms with van der Waals surface area (Å²) >= 11 is 0. The number of carbonyl (C=O) groups excluding carboxylic acids is 2. The molecule has 0 saturated heterocycles. The first-order valence-corrected chi connectivity index (χ1v) is 10.4. The number of amides is 1. The number of nitrogens with one attached hydrogen (secondary N) is 2. The van der Waals surface area contributed by atoms with E-state index in [1.807, 2.05) is 54.6 Å². The van der Waals surface area contributed by atoms with Crippen molar-refractivity contribution in [2.75, 3.05) is 20.8 Å². The number of ether oxygens (including phenoxy) is 2. The van der Waals surface area contributed by atoms with Crippen LogP contribution in [0.1, 0.15) is 24.0 Å². The molecule has 2 aromatic rings. The van der Waals surface area contributed by atoms with Crippen LogP contribution < -0.4 is 15.4 Å². The highest BCUT2D eigenvalue weighted by atomic mass is 16.5. The van der Waals surface area contributed by atoms with Gasteiger partial charge in [0.25, 0.3) is 0 Å². The Bertz CT molecular complexity index is 870. The maximum atomic E-state index is 12.8. The molecule has 3 N–H and O–H groups in total. The molecule has 2 rings (SSSR count). The molecule has 8 heteroatoms. The summed E-state index contributed by atoms with van der Waals surface area (Å²) in [5, 5.41) is 14.9. The zero-order valence-corrected chi connectivity index (χ0v) is 18.4. The van der Waals surface area contributed by atoms with Gasteiger partial charge in [0.2, 0.25) is 5.91 Å². The Balaban J connectivity index is 1.93. The predicted molar refractivity (Wildman–Crippen MR) is 119 cm³/mol. The molecule has 0 aromatic heterocycles. The van der Waals surface area contributed by atoms with E-state index in [9.17, 15) is 19.5 Å². The van der Waals surface area contributed by atoms with Gasteiger partial charge in [-0.05, 0) is 42.6 Å². The van der Waals surface area contributed by atoms with E-state index in [1.54, 1.807) is 7.11 Å². The largest absolute Gasteiger partial charge is 0.497 e. The van der Waals surface area contributed by atoms with Crippen LogP contribution in [0.5, 0.6) is 5.75 Å². The minimum Gasteiger partial charge on any atom is -0.497 e. The average Bonchev–Trinajstić information content (AvgIpc) is 2.80. The number of rotatable bonds is 13. The first-order chi connectivity index (χ1) is 15.4. The third kappa shape index (κ3) is 8.39. The molecule has 0 saturated carbocycles. The van der Waals surface area contributed by atoms with Crippen molar-refractivity contribution in [1.29, 1.82) is 0 Å². The minimum atomic E-state index is -1.11. The molecule has 2 atom stereocenters. The van der Waals surface area contributed by atoms with Crippen LogP contribution >= 0.6 is 0 Å². The maximum absolute atomic E-state index is 12.8. The van der Waals surface area contributed by atoms with Crippen LogP contribution in [0.25, 0.3) is 0 Å². The number of carbonyl (C=O) groups is 3. The number of hydrogen-bond donors (Lipinski definition) is 3. The summed E-state index contributed by atoms with van der Waals surface area (Å²) < 4.78 is 9.95. The van der Waals surface area contributed by atoms with Crippen molar-refractivity contribution in [2.45, 2.75) is 37.8 Å². The monoisotopic (exact) mass is 442 g/mol. The highest BCUT2D eigenvalue weighted by Crippen LogP contribution is 2.12. The van der Waals surface area contributed by atoms with E-state index < -0.39 is 36.4 Å². The van der Waals surface area contributed by atoms with Gasteiger partial charge in [-0.1, -0.05) is 42.5 Å². The van der Waals surface area contributed by atoms with Crippen molar-refractivity contribution in [1.82, 2.24) is 10.6 Å². The Morgan fingerprint density at radius 2 is 1.62 bits per heavy atom. The van der Waals surface area contributed by atoms with Crippen LogP contribution in [0, 0.1) is 0 Å². The summed E-state index contributed by atoms with van der Waals surface area (Å²) in [4.78, 5) is 36.2. The molecule has 32 heavy (non-hydrogen) atoms. The van der Waals surface area contributed by atoms with E-state index in [-0.39, 0.29) is 6.42 Å². The average molecular weight is 443 g/mol. The first-order valence-electron chi connectivity index (χ1n) is 10.4. The SMILES string of the molecule is COC(=O)[C@H](Cc1ccccc1)NC(=O)[C@H](CC(=O)O)NCCCc1ccc(OC)cc1. The fourth-order valence-corrected chi connectivity index (χ4v) is 3.25. The molecule has 0 heterocycles. The van der Waals surface area contributed by atoms with Gasteiger partial charge < -0.3 is 25.2 Å². The molecule has 172 valence electrons. The van der Waals surface area contributed by atoms with Crippen molar-refractivity contribution >= 4 is 17.8 Å². The highest BCUT2D eigenvalue weighted by molar-refractivity contribution is 5.90. The minimum absolute atomic E-state index is 0.247. The Hall–Kier alpha value is -3.39. The number of carboxylic acids is 1. The van der Waals surface area contributed by atoms with Gasteiger partial charge in [0.1, 0.15) is 11.8 Å². The third-order valence-electron chi connectivity index (χ3n) is 4.97. The lowest BCUT2D eigenvalue weighted by molar-refractivity contribution is -0.145. The molecule has 2 aromatic carbocycles. The van der Waals surface area contributed by atoms with Crippen molar-refractivity contribution in [2.24, 2.45) is 0 Å². The summed E-state index contributed by atoms with van der Waals surface area (Å²) in [6, 6.07) is 15.0. The molecule has 0 bridgehead atoms. The van der Waals surface area contributed by atoms with Gasteiger partial charge in [-0.15, -0.1) is 0 Å². The summed E-state index contributed by atoms with van der Waals surface area (Å²) in [5.74, 6) is -1.47. The van der Waals surface area contributed by atoms with E-state index in [2.05, 4.69) is 10.6 Å². The number of aliphatic carboxylic acids is 1. The van der Waals surface area contributed by atoms with E-state index in [0.717, 1.165) is 23.3 Å². The van der Waals surface area contributed by atoms with Gasteiger partial charge >= 0.3 is 11.9 Å².